The average molecular weight is 147 g/mol. The molecule has 2 heteroatoms. The first-order chi connectivity index (χ1) is 4.48. The van der Waals surface area contributed by atoms with Crippen molar-refractivity contribution in [1.29, 1.82) is 0 Å². The quantitative estimate of drug-likeness (QED) is 0.558. The zero-order valence-electron chi connectivity index (χ0n) is 7.91. The molecule has 0 spiro atoms. The van der Waals surface area contributed by atoms with Crippen molar-refractivity contribution in [3.8, 4) is 0 Å². The summed E-state index contributed by atoms with van der Waals surface area (Å²) in [4.78, 5) is 10.7. The van der Waals surface area contributed by atoms with E-state index in [4.69, 9.17) is 0 Å². The maximum Gasteiger partial charge on any atom is 0.225 e. The molecule has 1 N–H and O–H groups in total. The third-order valence-electron chi connectivity index (χ3n) is 0.908. The van der Waals surface area contributed by atoms with Crippen molar-refractivity contribution < 1.29 is 6.22 Å². The van der Waals surface area contributed by atoms with E-state index in [9.17, 15) is 4.79 Å². The zero-order valence-corrected chi connectivity index (χ0v) is 7.91. The van der Waals surface area contributed by atoms with Gasteiger partial charge in [-0.1, -0.05) is 34.6 Å². The highest BCUT2D eigenvalue weighted by Gasteiger charge is 2.18. The first kappa shape index (κ1) is 12.2. The molecule has 0 saturated heterocycles. The first-order valence-corrected chi connectivity index (χ1v) is 3.70. The van der Waals surface area contributed by atoms with Gasteiger partial charge in [0.15, 0.2) is 0 Å². The fourth-order valence-corrected chi connectivity index (χ4v) is 0.375. The molecule has 2 nitrogen and oxygen atoms in total. The predicted molar refractivity (Wildman–Crippen MR) is 47.0 cm³/mol. The maximum absolute atomic E-state index is 10.7. The molecule has 0 fully saturated rings. The van der Waals surface area contributed by atoms with E-state index in [0.717, 1.165) is 0 Å². The van der Waals surface area contributed by atoms with Gasteiger partial charge < -0.3 is 5.32 Å². The molecule has 0 aliphatic heterocycles. The van der Waals surface area contributed by atoms with Crippen molar-refractivity contribution >= 4 is 5.91 Å². The van der Waals surface area contributed by atoms with Crippen LogP contribution >= 0.6 is 0 Å². The van der Waals surface area contributed by atoms with E-state index in [1.807, 2.05) is 34.6 Å². The Morgan fingerprint density at radius 1 is 1.30 bits per heavy atom. The highest BCUT2D eigenvalue weighted by molar-refractivity contribution is 5.80. The van der Waals surface area contributed by atoms with Crippen molar-refractivity contribution in [2.45, 2.75) is 34.6 Å². The van der Waals surface area contributed by atoms with E-state index in [2.05, 4.69) is 5.32 Å². The molecular weight excluding hydrogens is 126 g/mol. The third kappa shape index (κ3) is 5.60. The Morgan fingerprint density at radius 2 is 1.60 bits per heavy atom. The molecule has 0 heterocycles. The second kappa shape index (κ2) is 5.27. The Labute approximate surface area is 65.5 Å². The van der Waals surface area contributed by atoms with Gasteiger partial charge in [-0.3, -0.25) is 4.79 Å². The summed E-state index contributed by atoms with van der Waals surface area (Å²) in [6.45, 7) is 9.64. The van der Waals surface area contributed by atoms with Crippen molar-refractivity contribution in [3.63, 3.8) is 0 Å². The van der Waals surface area contributed by atoms with Crippen LogP contribution in [-0.2, 0) is 4.79 Å². The highest BCUT2D eigenvalue weighted by atomic mass is 16.2. The Balaban J connectivity index is -0.000000196. The Morgan fingerprint density at radius 3 is 1.60 bits per heavy atom. The van der Waals surface area contributed by atoms with Gasteiger partial charge in [0, 0.05) is 13.9 Å². The lowest BCUT2D eigenvalue weighted by Gasteiger charge is -2.14. The molecule has 0 aliphatic carbocycles. The summed E-state index contributed by atoms with van der Waals surface area (Å²) < 4.78 is 0. The molecule has 64 valence electrons. The molecule has 10 heavy (non-hydrogen) atoms. The van der Waals surface area contributed by atoms with Gasteiger partial charge in [0.05, 0.1) is 0 Å². The molecule has 0 bridgehead atoms. The molecule has 1 amide bonds. The van der Waals surface area contributed by atoms with Gasteiger partial charge >= 0.3 is 0 Å². The second-order valence-corrected chi connectivity index (χ2v) is 2.83. The maximum atomic E-state index is 10.7. The molecule has 0 rings (SSSR count). The Bertz CT molecular complexity index is 96.8. The largest absolute Gasteiger partial charge is 0.359 e. The Kier molecular flexibility index (Phi) is 6.42. The van der Waals surface area contributed by atoms with Crippen LogP contribution in [0, 0.1) is 5.41 Å². The summed E-state index contributed by atoms with van der Waals surface area (Å²) in [6, 6.07) is 0. The molecule has 0 aromatic rings. The molecule has 0 atom stereocenters. The number of carbonyl (C=O) groups is 1. The SMILES string of the molecule is CC.CNC(=O)C(C)(C)C.[HH]. The lowest BCUT2D eigenvalue weighted by atomic mass is 9.96. The van der Waals surface area contributed by atoms with Crippen LogP contribution in [0.2, 0.25) is 0 Å². The highest BCUT2D eigenvalue weighted by Crippen LogP contribution is 2.11. The standard InChI is InChI=1S/C6H13NO.C2H6.H2/c1-6(2,3)5(8)7-4;1-2;/h1-4H3,(H,7,8);1-2H3;1H. The molecule has 0 radical (unpaired) electrons. The van der Waals surface area contributed by atoms with Gasteiger partial charge in [0.1, 0.15) is 0 Å². The number of amides is 1. The summed E-state index contributed by atoms with van der Waals surface area (Å²) in [5.74, 6) is 0.0810. The number of rotatable bonds is 0. The average Bonchev–Trinajstić information content (AvgIpc) is 1.89. The van der Waals surface area contributed by atoms with E-state index in [1.54, 1.807) is 7.05 Å². The van der Waals surface area contributed by atoms with Gasteiger partial charge in [-0.25, -0.2) is 0 Å². The summed E-state index contributed by atoms with van der Waals surface area (Å²) in [5.41, 5.74) is -0.241. The van der Waals surface area contributed by atoms with Gasteiger partial charge in [0.2, 0.25) is 5.91 Å². The molecular formula is C8H21NO. The van der Waals surface area contributed by atoms with Crippen LogP contribution in [0.5, 0.6) is 0 Å². The molecule has 0 aromatic carbocycles. The van der Waals surface area contributed by atoms with Crippen molar-refractivity contribution in [2.24, 2.45) is 5.41 Å². The monoisotopic (exact) mass is 147 g/mol. The normalized spacial score (nSPS) is 9.40. The molecule has 0 aliphatic rings. The van der Waals surface area contributed by atoms with E-state index in [0.29, 0.717) is 0 Å². The second-order valence-electron chi connectivity index (χ2n) is 2.83. The van der Waals surface area contributed by atoms with E-state index >= 15 is 0 Å². The van der Waals surface area contributed by atoms with Crippen LogP contribution in [0.1, 0.15) is 36.0 Å². The summed E-state index contributed by atoms with van der Waals surface area (Å²) in [5, 5.41) is 2.57. The van der Waals surface area contributed by atoms with Crippen LogP contribution in [-0.4, -0.2) is 13.0 Å². The minimum absolute atomic E-state index is 0. The third-order valence-corrected chi connectivity index (χ3v) is 0.908. The number of hydrogen-bond acceptors (Lipinski definition) is 1. The van der Waals surface area contributed by atoms with E-state index in [-0.39, 0.29) is 12.7 Å². The smallest absolute Gasteiger partial charge is 0.225 e. The predicted octanol–water partition coefficient (Wildman–Crippen LogP) is 2.05. The molecule has 0 unspecified atom stereocenters. The van der Waals surface area contributed by atoms with E-state index in [1.165, 1.54) is 0 Å². The van der Waals surface area contributed by atoms with Crippen LogP contribution in [0.15, 0.2) is 0 Å². The molecule has 0 saturated carbocycles. The number of carbonyl (C=O) groups excluding carboxylic acids is 1. The summed E-state index contributed by atoms with van der Waals surface area (Å²) in [6.07, 6.45) is 0. The molecule has 0 aromatic heterocycles. The fraction of sp³-hybridized carbons (Fsp3) is 0.875. The van der Waals surface area contributed by atoms with Crippen LogP contribution in [0.4, 0.5) is 0 Å². The summed E-state index contributed by atoms with van der Waals surface area (Å²) >= 11 is 0. The topological polar surface area (TPSA) is 29.1 Å². The first-order valence-electron chi connectivity index (χ1n) is 3.70. The van der Waals surface area contributed by atoms with Crippen molar-refractivity contribution in [3.05, 3.63) is 0 Å². The lowest BCUT2D eigenvalue weighted by molar-refractivity contribution is -0.127. The van der Waals surface area contributed by atoms with Gasteiger partial charge in [0.25, 0.3) is 0 Å². The fourth-order valence-electron chi connectivity index (χ4n) is 0.375. The van der Waals surface area contributed by atoms with Crippen LogP contribution in [0.25, 0.3) is 0 Å². The Hall–Kier alpha value is -0.530. The summed E-state index contributed by atoms with van der Waals surface area (Å²) in [7, 11) is 1.65. The minimum Gasteiger partial charge on any atom is -0.359 e. The van der Waals surface area contributed by atoms with Crippen LogP contribution in [0.3, 0.4) is 0 Å². The van der Waals surface area contributed by atoms with Gasteiger partial charge in [-0.2, -0.15) is 0 Å². The zero-order chi connectivity index (χ0) is 8.78. The number of hydrogen-bond donors (Lipinski definition) is 1. The van der Waals surface area contributed by atoms with Crippen molar-refractivity contribution in [1.82, 2.24) is 5.32 Å². The minimum atomic E-state index is -0.241. The van der Waals surface area contributed by atoms with Gasteiger partial charge in [-0.15, -0.1) is 0 Å². The van der Waals surface area contributed by atoms with E-state index < -0.39 is 0 Å². The number of nitrogens with one attached hydrogen (secondary N) is 1. The lowest BCUT2D eigenvalue weighted by Crippen LogP contribution is -2.31. The van der Waals surface area contributed by atoms with Gasteiger partial charge in [-0.05, 0) is 0 Å². The van der Waals surface area contributed by atoms with Crippen LogP contribution < -0.4 is 5.32 Å². The van der Waals surface area contributed by atoms with Crippen molar-refractivity contribution in [2.75, 3.05) is 7.05 Å².